The molecule has 0 spiro atoms. The molecule has 0 atom stereocenters. The van der Waals surface area contributed by atoms with E-state index in [0.29, 0.717) is 30.2 Å². The molecule has 0 unspecified atom stereocenters. The summed E-state index contributed by atoms with van der Waals surface area (Å²) in [4.78, 5) is 13.8. The second-order valence-corrected chi connectivity index (χ2v) is 8.34. The van der Waals surface area contributed by atoms with Crippen molar-refractivity contribution in [2.45, 2.75) is 24.7 Å². The first-order chi connectivity index (χ1) is 12.9. The van der Waals surface area contributed by atoms with Crippen molar-refractivity contribution in [2.24, 2.45) is 0 Å². The second-order valence-electron chi connectivity index (χ2n) is 6.14. The van der Waals surface area contributed by atoms with Crippen LogP contribution in [0, 0.1) is 0 Å². The van der Waals surface area contributed by atoms with E-state index < -0.39 is 10.0 Å². The molecule has 2 aromatic rings. The zero-order chi connectivity index (χ0) is 19.4. The van der Waals surface area contributed by atoms with E-state index in [1.165, 1.54) is 6.07 Å². The van der Waals surface area contributed by atoms with E-state index in [2.05, 4.69) is 4.72 Å². The van der Waals surface area contributed by atoms with Gasteiger partial charge in [-0.05, 0) is 54.4 Å². The first kappa shape index (κ1) is 19.7. The van der Waals surface area contributed by atoms with Gasteiger partial charge in [-0.15, -0.1) is 0 Å². The molecular formula is C19H21ClN2O4S. The number of amides is 1. The lowest BCUT2D eigenvalue weighted by Crippen LogP contribution is -2.29. The highest BCUT2D eigenvalue weighted by molar-refractivity contribution is 7.89. The maximum Gasteiger partial charge on any atom is 0.240 e. The van der Waals surface area contributed by atoms with Crippen LogP contribution in [0.2, 0.25) is 5.02 Å². The number of nitrogens with zero attached hydrogens (tertiary/aromatic N) is 1. The minimum Gasteiger partial charge on any atom is -0.492 e. The highest BCUT2D eigenvalue weighted by Gasteiger charge is 2.25. The molecule has 0 fully saturated rings. The minimum atomic E-state index is -3.64. The Kier molecular flexibility index (Phi) is 6.04. The van der Waals surface area contributed by atoms with Crippen molar-refractivity contribution in [1.82, 2.24) is 4.72 Å². The van der Waals surface area contributed by atoms with Crippen LogP contribution in [-0.2, 0) is 21.2 Å². The number of anilines is 1. The number of fused-ring (bicyclic) bond motifs is 1. The van der Waals surface area contributed by atoms with Gasteiger partial charge < -0.3 is 9.64 Å². The lowest BCUT2D eigenvalue weighted by molar-refractivity contribution is -0.118. The molecule has 0 saturated carbocycles. The van der Waals surface area contributed by atoms with Crippen LogP contribution < -0.4 is 14.4 Å². The third kappa shape index (κ3) is 4.61. The van der Waals surface area contributed by atoms with Gasteiger partial charge in [0.1, 0.15) is 12.4 Å². The van der Waals surface area contributed by atoms with Crippen molar-refractivity contribution in [3.05, 3.63) is 53.1 Å². The lowest BCUT2D eigenvalue weighted by atomic mass is 10.2. The summed E-state index contributed by atoms with van der Waals surface area (Å²) in [5.74, 6) is 0.665. The van der Waals surface area contributed by atoms with Gasteiger partial charge in [0.15, 0.2) is 0 Å². The Labute approximate surface area is 164 Å². The van der Waals surface area contributed by atoms with E-state index in [1.807, 2.05) is 6.92 Å². The molecule has 1 aliphatic heterocycles. The average molecular weight is 409 g/mol. The Bertz CT molecular complexity index is 929. The van der Waals surface area contributed by atoms with Gasteiger partial charge in [-0.2, -0.15) is 0 Å². The second kappa shape index (κ2) is 8.29. The van der Waals surface area contributed by atoms with Gasteiger partial charge in [0.2, 0.25) is 15.9 Å². The molecule has 2 aromatic carbocycles. The first-order valence-corrected chi connectivity index (χ1v) is 10.6. The fraction of sp³-hybridized carbons (Fsp3) is 0.316. The van der Waals surface area contributed by atoms with Crippen molar-refractivity contribution >= 4 is 33.2 Å². The fourth-order valence-corrected chi connectivity index (χ4v) is 4.14. The number of rotatable bonds is 7. The van der Waals surface area contributed by atoms with Crippen molar-refractivity contribution in [2.75, 3.05) is 24.6 Å². The van der Waals surface area contributed by atoms with E-state index in [0.717, 1.165) is 11.3 Å². The Morgan fingerprint density at radius 3 is 2.67 bits per heavy atom. The third-order valence-electron chi connectivity index (χ3n) is 4.34. The number of halogens is 1. The topological polar surface area (TPSA) is 75.7 Å². The van der Waals surface area contributed by atoms with Crippen LogP contribution in [0.15, 0.2) is 47.4 Å². The van der Waals surface area contributed by atoms with Crippen molar-refractivity contribution < 1.29 is 17.9 Å². The van der Waals surface area contributed by atoms with Crippen LogP contribution in [0.1, 0.15) is 18.9 Å². The summed E-state index contributed by atoms with van der Waals surface area (Å²) in [6, 6.07) is 11.7. The maximum atomic E-state index is 12.5. The molecule has 1 aliphatic rings. The summed E-state index contributed by atoms with van der Waals surface area (Å²) in [5.41, 5.74) is 1.67. The number of carbonyl (C=O) groups is 1. The van der Waals surface area contributed by atoms with Crippen molar-refractivity contribution in [1.29, 1.82) is 0 Å². The number of hydrogen-bond acceptors (Lipinski definition) is 4. The molecule has 144 valence electrons. The molecule has 3 rings (SSSR count). The standard InChI is InChI=1S/C19H21ClN2O4S/c1-2-19(23)22-11-9-14-13-17(7-8-18(14)22)27(24,25)21-10-12-26-16-5-3-15(20)4-6-16/h3-8,13,21H,2,9-12H2,1H3. The van der Waals surface area contributed by atoms with E-state index in [-0.39, 0.29) is 24.0 Å². The number of sulfonamides is 1. The molecule has 0 radical (unpaired) electrons. The first-order valence-electron chi connectivity index (χ1n) is 8.72. The zero-order valence-electron chi connectivity index (χ0n) is 14.9. The maximum absolute atomic E-state index is 12.5. The van der Waals surface area contributed by atoms with Gasteiger partial charge >= 0.3 is 0 Å². The molecule has 1 amide bonds. The Balaban J connectivity index is 1.60. The SMILES string of the molecule is CCC(=O)N1CCc2cc(S(=O)(=O)NCCOc3ccc(Cl)cc3)ccc21. The molecule has 8 heteroatoms. The number of ether oxygens (including phenoxy) is 1. The predicted octanol–water partition coefficient (Wildman–Crippen LogP) is 3.00. The molecule has 27 heavy (non-hydrogen) atoms. The quantitative estimate of drug-likeness (QED) is 0.714. The van der Waals surface area contributed by atoms with Crippen molar-refractivity contribution in [3.8, 4) is 5.75 Å². The summed E-state index contributed by atoms with van der Waals surface area (Å²) < 4.78 is 33.0. The van der Waals surface area contributed by atoms with Gasteiger partial charge in [0, 0.05) is 30.2 Å². The Hall–Kier alpha value is -2.09. The summed E-state index contributed by atoms with van der Waals surface area (Å²) in [6.45, 7) is 2.75. The number of carbonyl (C=O) groups excluding carboxylic acids is 1. The summed E-state index contributed by atoms with van der Waals surface area (Å²) in [7, 11) is -3.64. The smallest absolute Gasteiger partial charge is 0.240 e. The van der Waals surface area contributed by atoms with Crippen LogP contribution in [0.3, 0.4) is 0 Å². The molecule has 1 N–H and O–H groups in total. The fourth-order valence-electron chi connectivity index (χ4n) is 2.95. The number of hydrogen-bond donors (Lipinski definition) is 1. The van der Waals surface area contributed by atoms with Crippen LogP contribution >= 0.6 is 11.6 Å². The van der Waals surface area contributed by atoms with Gasteiger partial charge in [-0.3, -0.25) is 4.79 Å². The van der Waals surface area contributed by atoms with Crippen LogP contribution in [-0.4, -0.2) is 34.0 Å². The molecular weight excluding hydrogens is 388 g/mol. The number of nitrogens with one attached hydrogen (secondary N) is 1. The van der Waals surface area contributed by atoms with E-state index in [1.54, 1.807) is 41.3 Å². The highest BCUT2D eigenvalue weighted by Crippen LogP contribution is 2.30. The molecule has 0 bridgehead atoms. The Morgan fingerprint density at radius 1 is 1.22 bits per heavy atom. The van der Waals surface area contributed by atoms with Crippen LogP contribution in [0.4, 0.5) is 5.69 Å². The van der Waals surface area contributed by atoms with Crippen LogP contribution in [0.5, 0.6) is 5.75 Å². The normalized spacial score (nSPS) is 13.5. The molecule has 0 aliphatic carbocycles. The van der Waals surface area contributed by atoms with Crippen molar-refractivity contribution in [3.63, 3.8) is 0 Å². The van der Waals surface area contributed by atoms with E-state index in [4.69, 9.17) is 16.3 Å². The van der Waals surface area contributed by atoms with Crippen LogP contribution in [0.25, 0.3) is 0 Å². The predicted molar refractivity (Wildman–Crippen MR) is 105 cm³/mol. The largest absolute Gasteiger partial charge is 0.492 e. The summed E-state index contributed by atoms with van der Waals surface area (Å²) in [5, 5.41) is 0.610. The van der Waals surface area contributed by atoms with E-state index >= 15 is 0 Å². The monoisotopic (exact) mass is 408 g/mol. The third-order valence-corrected chi connectivity index (χ3v) is 6.05. The average Bonchev–Trinajstić information content (AvgIpc) is 3.09. The highest BCUT2D eigenvalue weighted by atomic mass is 35.5. The van der Waals surface area contributed by atoms with Gasteiger partial charge in [0.25, 0.3) is 0 Å². The van der Waals surface area contributed by atoms with E-state index in [9.17, 15) is 13.2 Å². The zero-order valence-corrected chi connectivity index (χ0v) is 16.5. The summed E-state index contributed by atoms with van der Waals surface area (Å²) >= 11 is 5.81. The molecule has 0 aromatic heterocycles. The number of benzene rings is 2. The Morgan fingerprint density at radius 2 is 1.96 bits per heavy atom. The molecule has 0 saturated heterocycles. The lowest BCUT2D eigenvalue weighted by Gasteiger charge is -2.16. The minimum absolute atomic E-state index is 0.0434. The summed E-state index contributed by atoms with van der Waals surface area (Å²) in [6.07, 6.45) is 1.08. The van der Waals surface area contributed by atoms with Gasteiger partial charge in [0.05, 0.1) is 4.90 Å². The molecule has 1 heterocycles. The van der Waals surface area contributed by atoms with Gasteiger partial charge in [-0.1, -0.05) is 18.5 Å². The molecule has 6 nitrogen and oxygen atoms in total. The van der Waals surface area contributed by atoms with Gasteiger partial charge in [-0.25, -0.2) is 13.1 Å².